The van der Waals surface area contributed by atoms with Crippen LogP contribution in [0.5, 0.6) is 0 Å². The van der Waals surface area contributed by atoms with Crippen LogP contribution >= 0.6 is 0 Å². The molecular weight excluding hydrogens is 797 g/mol. The summed E-state index contributed by atoms with van der Waals surface area (Å²) in [6.07, 6.45) is 64.0. The monoisotopic (exact) mass is 909 g/mol. The predicted molar refractivity (Wildman–Crippen MR) is 300 cm³/mol. The average Bonchev–Trinajstić information content (AvgIpc) is 3.34. The number of aliphatic imine (C=N–C) groups is 2. The van der Waals surface area contributed by atoms with Crippen molar-refractivity contribution in [1.29, 1.82) is 0 Å². The second-order valence-corrected chi connectivity index (χ2v) is 20.8. The lowest BCUT2D eigenvalue weighted by molar-refractivity contribution is 0.522. The summed E-state index contributed by atoms with van der Waals surface area (Å²) in [5, 5.41) is 0. The molecule has 2 heteroatoms. The summed E-state index contributed by atoms with van der Waals surface area (Å²) in [5.41, 5.74) is 7.33. The Bertz CT molecular complexity index is 1350. The molecule has 0 aliphatic carbocycles. The van der Waals surface area contributed by atoms with Gasteiger partial charge in [0, 0.05) is 0 Å². The highest BCUT2D eigenvalue weighted by Gasteiger charge is 2.09. The molecule has 2 rings (SSSR count). The Morgan fingerprint density at radius 2 is 0.485 bits per heavy atom. The Labute approximate surface area is 413 Å². The first kappa shape index (κ1) is 59.9. The molecular formula is C64H112N2. The van der Waals surface area contributed by atoms with Crippen molar-refractivity contribution in [3.63, 3.8) is 0 Å². The minimum atomic E-state index is 0.904. The molecule has 0 saturated heterocycles. The molecule has 2 aromatic carbocycles. The quantitative estimate of drug-likeness (QED) is 0.0467. The van der Waals surface area contributed by atoms with E-state index >= 15 is 0 Å². The fourth-order valence-corrected chi connectivity index (χ4v) is 9.91. The zero-order valence-electron chi connectivity index (χ0n) is 45.0. The summed E-state index contributed by atoms with van der Waals surface area (Å²) >= 11 is 0. The van der Waals surface area contributed by atoms with Gasteiger partial charge in [0.25, 0.3) is 0 Å². The van der Waals surface area contributed by atoms with E-state index in [2.05, 4.69) is 76.2 Å². The highest BCUT2D eigenvalue weighted by Crippen LogP contribution is 2.22. The average molecular weight is 910 g/mol. The standard InChI is InChI=1S/C64H112N2/c1-5-9-12-14-16-18-20-22-24-26-28-30-32-34-36-38-40-42-44-46-48-59-51-55-61(56-52-59)65-63(8-4)64(50-11-7-3)66-62-57-53-60(54-58-62)49-47-45-43-41-39-37-35-33-31-29-27-25-23-21-19-17-15-13-10-6-2/h51-58H,5-50H2,1-4H3. The summed E-state index contributed by atoms with van der Waals surface area (Å²) in [7, 11) is 0. The Morgan fingerprint density at radius 1 is 0.258 bits per heavy atom. The van der Waals surface area contributed by atoms with Gasteiger partial charge in [0.2, 0.25) is 0 Å². The lowest BCUT2D eigenvalue weighted by Crippen LogP contribution is -2.13. The Hall–Kier alpha value is -2.22. The smallest absolute Gasteiger partial charge is 0.0633 e. The van der Waals surface area contributed by atoms with Crippen molar-refractivity contribution in [2.24, 2.45) is 9.98 Å². The molecule has 0 aromatic heterocycles. The molecule has 0 N–H and O–H groups in total. The predicted octanol–water partition coefficient (Wildman–Crippen LogP) is 22.9. The van der Waals surface area contributed by atoms with Gasteiger partial charge in [-0.15, -0.1) is 0 Å². The number of benzene rings is 2. The van der Waals surface area contributed by atoms with Crippen molar-refractivity contribution in [2.45, 2.75) is 323 Å². The first-order valence-corrected chi connectivity index (χ1v) is 30.0. The van der Waals surface area contributed by atoms with Crippen LogP contribution in [0.1, 0.15) is 321 Å². The first-order chi connectivity index (χ1) is 32.7. The minimum Gasteiger partial charge on any atom is -0.252 e. The van der Waals surface area contributed by atoms with E-state index in [1.807, 2.05) is 0 Å². The molecule has 0 bridgehead atoms. The van der Waals surface area contributed by atoms with Gasteiger partial charge < -0.3 is 0 Å². The summed E-state index contributed by atoms with van der Waals surface area (Å²) < 4.78 is 0. The topological polar surface area (TPSA) is 24.7 Å². The van der Waals surface area contributed by atoms with Gasteiger partial charge in [-0.1, -0.05) is 302 Å². The summed E-state index contributed by atoms with van der Waals surface area (Å²) in [4.78, 5) is 10.4. The van der Waals surface area contributed by atoms with E-state index in [0.29, 0.717) is 0 Å². The van der Waals surface area contributed by atoms with Crippen LogP contribution in [0.25, 0.3) is 0 Å². The van der Waals surface area contributed by atoms with E-state index in [9.17, 15) is 0 Å². The van der Waals surface area contributed by atoms with Crippen LogP contribution in [0.15, 0.2) is 58.5 Å². The van der Waals surface area contributed by atoms with Crippen LogP contribution in [-0.2, 0) is 12.8 Å². The fraction of sp³-hybridized carbons (Fsp3) is 0.781. The molecule has 2 aromatic rings. The molecule has 0 heterocycles. The number of unbranched alkanes of at least 4 members (excludes halogenated alkanes) is 39. The molecule has 0 fully saturated rings. The molecule has 378 valence electrons. The number of rotatable bonds is 49. The van der Waals surface area contributed by atoms with E-state index in [1.54, 1.807) is 0 Å². The lowest BCUT2D eigenvalue weighted by atomic mass is 10.0. The molecule has 0 saturated carbocycles. The number of nitrogens with zero attached hydrogens (tertiary/aromatic N) is 2. The second kappa shape index (κ2) is 46.5. The third-order valence-corrected chi connectivity index (χ3v) is 14.5. The number of hydrogen-bond donors (Lipinski definition) is 0. The van der Waals surface area contributed by atoms with Gasteiger partial charge in [0.1, 0.15) is 0 Å². The zero-order valence-corrected chi connectivity index (χ0v) is 45.0. The highest BCUT2D eigenvalue weighted by atomic mass is 14.8. The van der Waals surface area contributed by atoms with Crippen LogP contribution in [0.3, 0.4) is 0 Å². The Balaban J connectivity index is 1.54. The minimum absolute atomic E-state index is 0.904. The molecule has 0 amide bonds. The number of hydrogen-bond acceptors (Lipinski definition) is 2. The molecule has 0 atom stereocenters. The Kier molecular flexibility index (Phi) is 42.2. The first-order valence-electron chi connectivity index (χ1n) is 30.0. The van der Waals surface area contributed by atoms with Gasteiger partial charge in [-0.25, -0.2) is 0 Å². The van der Waals surface area contributed by atoms with Crippen molar-refractivity contribution in [3.8, 4) is 0 Å². The zero-order chi connectivity index (χ0) is 47.1. The van der Waals surface area contributed by atoms with Gasteiger partial charge >= 0.3 is 0 Å². The summed E-state index contributed by atoms with van der Waals surface area (Å²) in [6.45, 7) is 9.12. The highest BCUT2D eigenvalue weighted by molar-refractivity contribution is 6.43. The third kappa shape index (κ3) is 35.9. The largest absolute Gasteiger partial charge is 0.252 e. The van der Waals surface area contributed by atoms with Gasteiger partial charge in [-0.3, -0.25) is 9.98 Å². The SMILES string of the molecule is CCCCCCCCCCCCCCCCCCCCCCc1ccc(N=C(CC)C(CCCC)=Nc2ccc(CCCCCCCCCCCCCCCCCCCCCC)cc2)cc1. The second-order valence-electron chi connectivity index (χ2n) is 20.8. The van der Waals surface area contributed by atoms with Crippen molar-refractivity contribution >= 4 is 22.8 Å². The van der Waals surface area contributed by atoms with Crippen LogP contribution in [0, 0.1) is 0 Å². The van der Waals surface area contributed by atoms with Crippen molar-refractivity contribution < 1.29 is 0 Å². The molecule has 66 heavy (non-hydrogen) atoms. The lowest BCUT2D eigenvalue weighted by Gasteiger charge is -2.10. The summed E-state index contributed by atoms with van der Waals surface area (Å²) in [5.74, 6) is 0. The summed E-state index contributed by atoms with van der Waals surface area (Å²) in [6, 6.07) is 18.2. The van der Waals surface area contributed by atoms with Crippen LogP contribution in [0.2, 0.25) is 0 Å². The van der Waals surface area contributed by atoms with Crippen LogP contribution in [-0.4, -0.2) is 11.4 Å². The molecule has 0 radical (unpaired) electrons. The normalized spacial score (nSPS) is 12.2. The molecule has 0 unspecified atom stereocenters. The third-order valence-electron chi connectivity index (χ3n) is 14.5. The Morgan fingerprint density at radius 3 is 0.727 bits per heavy atom. The number of aryl methyl sites for hydroxylation is 2. The van der Waals surface area contributed by atoms with Crippen molar-refractivity contribution in [1.82, 2.24) is 0 Å². The molecule has 2 nitrogen and oxygen atoms in total. The van der Waals surface area contributed by atoms with E-state index in [0.717, 1.165) is 42.1 Å². The van der Waals surface area contributed by atoms with E-state index < -0.39 is 0 Å². The maximum atomic E-state index is 5.21. The maximum Gasteiger partial charge on any atom is 0.0633 e. The van der Waals surface area contributed by atoms with E-state index in [-0.39, 0.29) is 0 Å². The van der Waals surface area contributed by atoms with Crippen LogP contribution in [0.4, 0.5) is 11.4 Å². The van der Waals surface area contributed by atoms with E-state index in [4.69, 9.17) is 9.98 Å². The maximum absolute atomic E-state index is 5.21. The van der Waals surface area contributed by atoms with Gasteiger partial charge in [-0.2, -0.15) is 0 Å². The van der Waals surface area contributed by atoms with Gasteiger partial charge in [0.15, 0.2) is 0 Å². The van der Waals surface area contributed by atoms with Gasteiger partial charge in [0.05, 0.1) is 22.8 Å². The molecule has 0 aliphatic heterocycles. The van der Waals surface area contributed by atoms with E-state index in [1.165, 1.54) is 287 Å². The van der Waals surface area contributed by atoms with Crippen LogP contribution < -0.4 is 0 Å². The fourth-order valence-electron chi connectivity index (χ4n) is 9.91. The molecule has 0 aliphatic rings. The van der Waals surface area contributed by atoms with Crippen molar-refractivity contribution in [3.05, 3.63) is 59.7 Å². The molecule has 0 spiro atoms. The van der Waals surface area contributed by atoms with Gasteiger partial charge in [-0.05, 0) is 80.3 Å². The van der Waals surface area contributed by atoms with Crippen molar-refractivity contribution in [2.75, 3.05) is 0 Å².